The zero-order valence-corrected chi connectivity index (χ0v) is 11.3. The fraction of sp³-hybridized carbons (Fsp3) is 0.312. The van der Waals surface area contributed by atoms with Crippen molar-refractivity contribution >= 4 is 0 Å². The molecule has 0 aliphatic carbocycles. The van der Waals surface area contributed by atoms with Crippen LogP contribution in [0.3, 0.4) is 0 Å². The Bertz CT molecular complexity index is 534. The highest BCUT2D eigenvalue weighted by molar-refractivity contribution is 5.14. The van der Waals surface area contributed by atoms with Crippen molar-refractivity contribution in [3.05, 3.63) is 66.0 Å². The standard InChI is InChI=1S/C16H20N2O2/c19-11-10-18(12-14-6-2-1-3-7-14)13-16(20)15-8-4-5-9-17-15/h1-9,16,19-20H,10-13H2/i16D. The first kappa shape index (κ1) is 13.2. The van der Waals surface area contributed by atoms with Crippen LogP contribution in [0.2, 0.25) is 0 Å². The number of rotatable bonds is 7. The summed E-state index contributed by atoms with van der Waals surface area (Å²) in [4.78, 5) is 5.89. The van der Waals surface area contributed by atoms with Gasteiger partial charge in [0.25, 0.3) is 0 Å². The molecule has 0 aliphatic rings. The highest BCUT2D eigenvalue weighted by Gasteiger charge is 2.14. The molecule has 0 aliphatic heterocycles. The summed E-state index contributed by atoms with van der Waals surface area (Å²) in [7, 11) is 0. The Morgan fingerprint density at radius 1 is 1.15 bits per heavy atom. The van der Waals surface area contributed by atoms with Gasteiger partial charge in [0.1, 0.15) is 6.08 Å². The summed E-state index contributed by atoms with van der Waals surface area (Å²) in [5, 5.41) is 19.5. The molecule has 0 amide bonds. The first-order chi connectivity index (χ1) is 10.1. The number of hydrogen-bond acceptors (Lipinski definition) is 4. The molecule has 2 rings (SSSR count). The fourth-order valence-electron chi connectivity index (χ4n) is 2.02. The number of benzene rings is 1. The van der Waals surface area contributed by atoms with Gasteiger partial charge in [-0.2, -0.15) is 0 Å². The van der Waals surface area contributed by atoms with E-state index in [1.165, 1.54) is 0 Å². The number of aliphatic hydroxyl groups excluding tert-OH is 1. The third-order valence-electron chi connectivity index (χ3n) is 3.00. The van der Waals surface area contributed by atoms with Crippen LogP contribution in [0.4, 0.5) is 0 Å². The molecule has 4 nitrogen and oxygen atoms in total. The summed E-state index contributed by atoms with van der Waals surface area (Å²) < 4.78 is 8.11. The van der Waals surface area contributed by atoms with E-state index in [1.54, 1.807) is 24.4 Å². The van der Waals surface area contributed by atoms with Crippen molar-refractivity contribution in [3.63, 3.8) is 0 Å². The van der Waals surface area contributed by atoms with Gasteiger partial charge in [0.05, 0.1) is 13.7 Å². The van der Waals surface area contributed by atoms with Crippen molar-refractivity contribution in [1.29, 1.82) is 0 Å². The molecule has 2 aromatic rings. The zero-order chi connectivity index (χ0) is 15.1. The average Bonchev–Trinajstić information content (AvgIpc) is 2.49. The predicted octanol–water partition coefficient (Wildman–Crippen LogP) is 1.61. The van der Waals surface area contributed by atoms with Crippen molar-refractivity contribution in [2.24, 2.45) is 0 Å². The molecule has 4 heteroatoms. The number of hydrogen-bond donors (Lipinski definition) is 2. The maximum atomic E-state index is 10.3. The van der Waals surface area contributed by atoms with Crippen molar-refractivity contribution in [2.45, 2.75) is 12.6 Å². The number of aromatic nitrogens is 1. The van der Waals surface area contributed by atoms with Gasteiger partial charge in [-0.3, -0.25) is 9.88 Å². The van der Waals surface area contributed by atoms with Crippen molar-refractivity contribution in [2.75, 3.05) is 19.7 Å². The van der Waals surface area contributed by atoms with Crippen LogP contribution in [0.1, 0.15) is 18.7 Å². The Balaban J connectivity index is 2.08. The largest absolute Gasteiger partial charge is 0.395 e. The Labute approximate surface area is 120 Å². The van der Waals surface area contributed by atoms with Crippen molar-refractivity contribution in [1.82, 2.24) is 9.88 Å². The summed E-state index contributed by atoms with van der Waals surface area (Å²) in [5.74, 6) is 0. The monoisotopic (exact) mass is 273 g/mol. The van der Waals surface area contributed by atoms with E-state index in [0.717, 1.165) is 5.56 Å². The fourth-order valence-corrected chi connectivity index (χ4v) is 2.02. The Morgan fingerprint density at radius 3 is 2.55 bits per heavy atom. The number of pyridine rings is 1. The number of aliphatic hydroxyl groups is 2. The molecule has 0 radical (unpaired) electrons. The third-order valence-corrected chi connectivity index (χ3v) is 3.00. The highest BCUT2D eigenvalue weighted by Crippen LogP contribution is 2.13. The lowest BCUT2D eigenvalue weighted by molar-refractivity contribution is 0.0930. The smallest absolute Gasteiger partial charge is 0.109 e. The molecule has 0 fully saturated rings. The normalized spacial score (nSPS) is 14.8. The lowest BCUT2D eigenvalue weighted by atomic mass is 10.1. The quantitative estimate of drug-likeness (QED) is 0.804. The number of nitrogens with zero attached hydrogens (tertiary/aromatic N) is 2. The second kappa shape index (κ2) is 7.75. The molecule has 2 N–H and O–H groups in total. The van der Waals surface area contributed by atoms with Crippen LogP contribution in [0.5, 0.6) is 0 Å². The van der Waals surface area contributed by atoms with Crippen LogP contribution in [0, 0.1) is 0 Å². The van der Waals surface area contributed by atoms with Crippen LogP contribution < -0.4 is 0 Å². The minimum atomic E-state index is -1.80. The van der Waals surface area contributed by atoms with Gasteiger partial charge in [-0.25, -0.2) is 0 Å². The molecule has 1 unspecified atom stereocenters. The summed E-state index contributed by atoms with van der Waals surface area (Å²) in [6.07, 6.45) is -0.242. The van der Waals surface area contributed by atoms with Crippen molar-refractivity contribution < 1.29 is 11.6 Å². The van der Waals surface area contributed by atoms with E-state index in [-0.39, 0.29) is 13.2 Å². The Morgan fingerprint density at radius 2 is 1.90 bits per heavy atom. The molecular formula is C16H20N2O2. The van der Waals surface area contributed by atoms with Crippen molar-refractivity contribution in [3.8, 4) is 0 Å². The zero-order valence-electron chi connectivity index (χ0n) is 12.3. The Hall–Kier alpha value is -1.75. The van der Waals surface area contributed by atoms with E-state index in [0.29, 0.717) is 18.8 Å². The van der Waals surface area contributed by atoms with E-state index in [2.05, 4.69) is 4.98 Å². The summed E-state index contributed by atoms with van der Waals surface area (Å²) >= 11 is 0. The van der Waals surface area contributed by atoms with Crippen LogP contribution >= 0.6 is 0 Å². The van der Waals surface area contributed by atoms with Crippen LogP contribution in [0.25, 0.3) is 0 Å². The first-order valence-electron chi connectivity index (χ1n) is 7.13. The summed E-state index contributed by atoms with van der Waals surface area (Å²) in [5.41, 5.74) is 1.38. The highest BCUT2D eigenvalue weighted by atomic mass is 16.3. The van der Waals surface area contributed by atoms with E-state index in [1.807, 2.05) is 35.2 Å². The van der Waals surface area contributed by atoms with E-state index < -0.39 is 6.08 Å². The second-order valence-electron chi connectivity index (χ2n) is 4.58. The van der Waals surface area contributed by atoms with Gasteiger partial charge in [-0.1, -0.05) is 36.4 Å². The average molecular weight is 273 g/mol. The van der Waals surface area contributed by atoms with Crippen LogP contribution in [0.15, 0.2) is 54.7 Å². The van der Waals surface area contributed by atoms with Gasteiger partial charge < -0.3 is 10.2 Å². The van der Waals surface area contributed by atoms with Gasteiger partial charge in [0.15, 0.2) is 0 Å². The lowest BCUT2D eigenvalue weighted by Crippen LogP contribution is -2.31. The minimum absolute atomic E-state index is 0.0227. The molecule has 106 valence electrons. The third kappa shape index (κ3) is 4.42. The van der Waals surface area contributed by atoms with E-state index >= 15 is 0 Å². The molecule has 20 heavy (non-hydrogen) atoms. The predicted molar refractivity (Wildman–Crippen MR) is 78.0 cm³/mol. The molecule has 1 atom stereocenters. The maximum Gasteiger partial charge on any atom is 0.109 e. The molecule has 1 heterocycles. The van der Waals surface area contributed by atoms with Gasteiger partial charge in [0.2, 0.25) is 0 Å². The van der Waals surface area contributed by atoms with E-state index in [4.69, 9.17) is 1.37 Å². The van der Waals surface area contributed by atoms with Gasteiger partial charge in [-0.05, 0) is 17.7 Å². The van der Waals surface area contributed by atoms with Crippen LogP contribution in [-0.2, 0) is 6.54 Å². The molecule has 1 aromatic heterocycles. The van der Waals surface area contributed by atoms with Gasteiger partial charge in [-0.15, -0.1) is 0 Å². The Kier molecular flexibility index (Phi) is 5.13. The summed E-state index contributed by atoms with van der Waals surface area (Å²) in [6, 6.07) is 14.9. The molecular weight excluding hydrogens is 252 g/mol. The lowest BCUT2D eigenvalue weighted by Gasteiger charge is -2.24. The SMILES string of the molecule is [2H]C(O)(CN(CCO)Cc1ccccc1)c1ccccn1. The second-order valence-corrected chi connectivity index (χ2v) is 4.58. The van der Waals surface area contributed by atoms with Crippen LogP contribution in [-0.4, -0.2) is 39.8 Å². The van der Waals surface area contributed by atoms with E-state index in [9.17, 15) is 10.2 Å². The van der Waals surface area contributed by atoms with Gasteiger partial charge in [0, 0.05) is 25.8 Å². The maximum absolute atomic E-state index is 10.3. The van der Waals surface area contributed by atoms with Gasteiger partial charge >= 0.3 is 0 Å². The molecule has 0 bridgehead atoms. The molecule has 1 aromatic carbocycles. The minimum Gasteiger partial charge on any atom is -0.395 e. The molecule has 0 spiro atoms. The molecule has 0 saturated heterocycles. The molecule has 0 saturated carbocycles. The topological polar surface area (TPSA) is 56.6 Å². The summed E-state index contributed by atoms with van der Waals surface area (Å²) in [6.45, 7) is 1.02. The first-order valence-corrected chi connectivity index (χ1v) is 6.63.